The first-order valence-corrected chi connectivity index (χ1v) is 5.12. The number of aliphatic hydroxyl groups is 1. The van der Waals surface area contributed by atoms with Crippen molar-refractivity contribution in [3.8, 4) is 0 Å². The highest BCUT2D eigenvalue weighted by Gasteiger charge is 2.40. The van der Waals surface area contributed by atoms with Crippen molar-refractivity contribution >= 4 is 0 Å². The van der Waals surface area contributed by atoms with Crippen LogP contribution < -0.4 is 11.1 Å². The second-order valence-corrected chi connectivity index (χ2v) is 4.06. The van der Waals surface area contributed by atoms with E-state index in [9.17, 15) is 13.2 Å². The van der Waals surface area contributed by atoms with Crippen LogP contribution in [0, 0.1) is 0 Å². The SMILES string of the molecule is N[C@H]1CC[C@H](NC(CO)C(F)(F)F)CC1. The van der Waals surface area contributed by atoms with Crippen LogP contribution in [0.1, 0.15) is 25.7 Å². The molecular weight excluding hydrogens is 209 g/mol. The Morgan fingerprint density at radius 2 is 1.80 bits per heavy atom. The fraction of sp³-hybridized carbons (Fsp3) is 1.00. The normalized spacial score (nSPS) is 30.2. The molecule has 0 spiro atoms. The van der Waals surface area contributed by atoms with Crippen LogP contribution in [0.3, 0.4) is 0 Å². The lowest BCUT2D eigenvalue weighted by atomic mass is 9.91. The van der Waals surface area contributed by atoms with Gasteiger partial charge >= 0.3 is 6.18 Å². The zero-order valence-corrected chi connectivity index (χ0v) is 8.43. The number of hydrogen-bond acceptors (Lipinski definition) is 3. The quantitative estimate of drug-likeness (QED) is 0.666. The molecule has 1 unspecified atom stereocenters. The number of nitrogens with one attached hydrogen (secondary N) is 1. The van der Waals surface area contributed by atoms with Gasteiger partial charge in [0.1, 0.15) is 6.04 Å². The molecule has 0 aromatic heterocycles. The molecule has 0 amide bonds. The maximum absolute atomic E-state index is 12.3. The maximum atomic E-state index is 12.3. The molecule has 90 valence electrons. The average Bonchev–Trinajstić information content (AvgIpc) is 2.15. The minimum absolute atomic E-state index is 0.113. The summed E-state index contributed by atoms with van der Waals surface area (Å²) in [5.74, 6) is 0. The Balaban J connectivity index is 2.39. The molecule has 0 aromatic rings. The molecule has 1 aliphatic carbocycles. The van der Waals surface area contributed by atoms with Gasteiger partial charge in [0.05, 0.1) is 6.61 Å². The molecule has 6 heteroatoms. The van der Waals surface area contributed by atoms with Gasteiger partial charge in [-0.3, -0.25) is 0 Å². The topological polar surface area (TPSA) is 58.3 Å². The van der Waals surface area contributed by atoms with E-state index in [0.717, 1.165) is 12.8 Å². The van der Waals surface area contributed by atoms with Crippen LogP contribution in [0.4, 0.5) is 13.2 Å². The van der Waals surface area contributed by atoms with Crippen molar-refractivity contribution in [2.75, 3.05) is 6.61 Å². The second-order valence-electron chi connectivity index (χ2n) is 4.06. The van der Waals surface area contributed by atoms with Gasteiger partial charge in [0.25, 0.3) is 0 Å². The first kappa shape index (κ1) is 12.7. The van der Waals surface area contributed by atoms with Gasteiger partial charge < -0.3 is 16.2 Å². The van der Waals surface area contributed by atoms with E-state index in [4.69, 9.17) is 10.8 Å². The molecule has 0 aromatic carbocycles. The molecule has 1 aliphatic rings. The predicted octanol–water partition coefficient (Wildman–Crippen LogP) is 0.769. The van der Waals surface area contributed by atoms with Gasteiger partial charge in [-0.2, -0.15) is 13.2 Å². The highest BCUT2D eigenvalue weighted by Crippen LogP contribution is 2.23. The molecule has 3 nitrogen and oxygen atoms in total. The van der Waals surface area contributed by atoms with E-state index in [1.807, 2.05) is 0 Å². The van der Waals surface area contributed by atoms with Crippen LogP contribution in [0.25, 0.3) is 0 Å². The summed E-state index contributed by atoms with van der Waals surface area (Å²) in [6, 6.07) is -1.87. The summed E-state index contributed by atoms with van der Waals surface area (Å²) in [7, 11) is 0. The van der Waals surface area contributed by atoms with E-state index in [2.05, 4.69) is 5.32 Å². The van der Waals surface area contributed by atoms with Gasteiger partial charge in [-0.15, -0.1) is 0 Å². The Kier molecular flexibility index (Phi) is 4.36. The molecule has 0 radical (unpaired) electrons. The summed E-state index contributed by atoms with van der Waals surface area (Å²) in [6.07, 6.45) is -1.60. The predicted molar refractivity (Wildman–Crippen MR) is 50.3 cm³/mol. The fourth-order valence-electron chi connectivity index (χ4n) is 1.82. The third-order valence-corrected chi connectivity index (χ3v) is 2.79. The van der Waals surface area contributed by atoms with E-state index in [1.54, 1.807) is 0 Å². The smallest absolute Gasteiger partial charge is 0.394 e. The number of halogens is 3. The third kappa shape index (κ3) is 3.96. The highest BCUT2D eigenvalue weighted by molar-refractivity contribution is 4.84. The third-order valence-electron chi connectivity index (χ3n) is 2.79. The Morgan fingerprint density at radius 3 is 2.20 bits per heavy atom. The van der Waals surface area contributed by atoms with E-state index in [1.165, 1.54) is 0 Å². The van der Waals surface area contributed by atoms with Crippen LogP contribution in [-0.4, -0.2) is 36.0 Å². The molecule has 0 saturated heterocycles. The number of hydrogen-bond donors (Lipinski definition) is 3. The van der Waals surface area contributed by atoms with Crippen LogP contribution >= 0.6 is 0 Å². The van der Waals surface area contributed by atoms with Crippen molar-refractivity contribution in [2.24, 2.45) is 5.73 Å². The average molecular weight is 226 g/mol. The van der Waals surface area contributed by atoms with Gasteiger partial charge in [-0.1, -0.05) is 0 Å². The summed E-state index contributed by atoms with van der Waals surface area (Å²) in [6.45, 7) is -0.911. The molecule has 4 N–H and O–H groups in total. The van der Waals surface area contributed by atoms with Crippen molar-refractivity contribution in [3.63, 3.8) is 0 Å². The summed E-state index contributed by atoms with van der Waals surface area (Å²) < 4.78 is 36.9. The van der Waals surface area contributed by atoms with Crippen LogP contribution in [0.5, 0.6) is 0 Å². The lowest BCUT2D eigenvalue weighted by molar-refractivity contribution is -0.166. The van der Waals surface area contributed by atoms with E-state index in [-0.39, 0.29) is 12.1 Å². The lowest BCUT2D eigenvalue weighted by Gasteiger charge is -2.30. The summed E-state index contributed by atoms with van der Waals surface area (Å²) in [4.78, 5) is 0. The number of rotatable bonds is 3. The summed E-state index contributed by atoms with van der Waals surface area (Å²) in [5, 5.41) is 11.1. The Morgan fingerprint density at radius 1 is 1.27 bits per heavy atom. The van der Waals surface area contributed by atoms with E-state index < -0.39 is 18.8 Å². The first-order valence-electron chi connectivity index (χ1n) is 5.12. The standard InChI is InChI=1S/C9H17F3N2O/c10-9(11,12)8(5-15)14-7-3-1-6(13)2-4-7/h6-8,14-15H,1-5,13H2/t6-,7-,8?. The van der Waals surface area contributed by atoms with Gasteiger partial charge in [0.2, 0.25) is 0 Å². The van der Waals surface area contributed by atoms with E-state index in [0.29, 0.717) is 12.8 Å². The molecule has 1 atom stereocenters. The van der Waals surface area contributed by atoms with E-state index >= 15 is 0 Å². The van der Waals surface area contributed by atoms with Gasteiger partial charge in [-0.05, 0) is 25.7 Å². The monoisotopic (exact) mass is 226 g/mol. The number of alkyl halides is 3. The zero-order chi connectivity index (χ0) is 11.5. The van der Waals surface area contributed by atoms with Crippen LogP contribution in [0.2, 0.25) is 0 Å². The van der Waals surface area contributed by atoms with Crippen molar-refractivity contribution in [3.05, 3.63) is 0 Å². The van der Waals surface area contributed by atoms with Crippen molar-refractivity contribution < 1.29 is 18.3 Å². The number of nitrogens with two attached hydrogens (primary N) is 1. The highest BCUT2D eigenvalue weighted by atomic mass is 19.4. The molecule has 1 fully saturated rings. The Bertz CT molecular complexity index is 190. The van der Waals surface area contributed by atoms with Crippen LogP contribution in [-0.2, 0) is 0 Å². The Labute approximate surface area is 86.8 Å². The molecule has 1 saturated carbocycles. The first-order chi connectivity index (χ1) is 6.93. The van der Waals surface area contributed by atoms with Gasteiger partial charge in [0.15, 0.2) is 0 Å². The zero-order valence-electron chi connectivity index (χ0n) is 8.43. The number of aliphatic hydroxyl groups excluding tert-OH is 1. The van der Waals surface area contributed by atoms with Gasteiger partial charge in [-0.25, -0.2) is 0 Å². The second kappa shape index (κ2) is 5.14. The van der Waals surface area contributed by atoms with Crippen molar-refractivity contribution in [2.45, 2.75) is 50.0 Å². The van der Waals surface area contributed by atoms with Crippen LogP contribution in [0.15, 0.2) is 0 Å². The van der Waals surface area contributed by atoms with Gasteiger partial charge in [0, 0.05) is 12.1 Å². The maximum Gasteiger partial charge on any atom is 0.406 e. The minimum atomic E-state index is -4.38. The molecule has 0 heterocycles. The van der Waals surface area contributed by atoms with Crippen molar-refractivity contribution in [1.29, 1.82) is 0 Å². The molecule has 15 heavy (non-hydrogen) atoms. The summed E-state index contributed by atoms with van der Waals surface area (Å²) in [5.41, 5.74) is 5.65. The van der Waals surface area contributed by atoms with Crippen molar-refractivity contribution in [1.82, 2.24) is 5.32 Å². The summed E-state index contributed by atoms with van der Waals surface area (Å²) >= 11 is 0. The Hall–Kier alpha value is -0.330. The lowest BCUT2D eigenvalue weighted by Crippen LogP contribution is -2.51. The molecule has 0 bridgehead atoms. The molecule has 0 aliphatic heterocycles. The minimum Gasteiger partial charge on any atom is -0.394 e. The molecule has 1 rings (SSSR count). The molecular formula is C9H17F3N2O. The largest absolute Gasteiger partial charge is 0.406 e. The fourth-order valence-corrected chi connectivity index (χ4v) is 1.82.